The second-order valence-corrected chi connectivity index (χ2v) is 8.42. The molecule has 3 aromatic rings. The van der Waals surface area contributed by atoms with Gasteiger partial charge in [-0.15, -0.1) is 11.8 Å². The van der Waals surface area contributed by atoms with Crippen LogP contribution < -0.4 is 10.1 Å². The molecule has 0 fully saturated rings. The predicted octanol–water partition coefficient (Wildman–Crippen LogP) is 5.53. The number of hydrogen-bond acceptors (Lipinski definition) is 6. The van der Waals surface area contributed by atoms with Gasteiger partial charge >= 0.3 is 0 Å². The van der Waals surface area contributed by atoms with Crippen molar-refractivity contribution in [3.05, 3.63) is 76.7 Å². The van der Waals surface area contributed by atoms with E-state index in [1.807, 2.05) is 75.6 Å². The second-order valence-electron chi connectivity index (χ2n) is 7.63. The Morgan fingerprint density at radius 2 is 1.91 bits per heavy atom. The quantitative estimate of drug-likeness (QED) is 0.362. The number of nitriles is 1. The number of amides is 1. The van der Waals surface area contributed by atoms with E-state index in [0.717, 1.165) is 22.7 Å². The lowest BCUT2D eigenvalue weighted by molar-refractivity contribution is 0.102. The van der Waals surface area contributed by atoms with Gasteiger partial charge in [-0.25, -0.2) is 9.97 Å². The molecule has 0 aliphatic rings. The summed E-state index contributed by atoms with van der Waals surface area (Å²) < 4.78 is 5.84. The number of thioether (sulfide) groups is 1. The first kappa shape index (κ1) is 23.3. The summed E-state index contributed by atoms with van der Waals surface area (Å²) in [4.78, 5) is 22.1. The molecule has 0 unspecified atom stereocenters. The van der Waals surface area contributed by atoms with E-state index in [2.05, 4.69) is 21.4 Å². The molecule has 6 nitrogen and oxygen atoms in total. The summed E-state index contributed by atoms with van der Waals surface area (Å²) in [5.41, 5.74) is 3.73. The van der Waals surface area contributed by atoms with Crippen molar-refractivity contribution in [1.82, 2.24) is 9.97 Å². The van der Waals surface area contributed by atoms with Crippen LogP contribution in [0.4, 0.5) is 5.69 Å². The number of nitrogens with one attached hydrogen (secondary N) is 1. The third-order valence-corrected chi connectivity index (χ3v) is 5.49. The van der Waals surface area contributed by atoms with Gasteiger partial charge in [0, 0.05) is 11.6 Å². The van der Waals surface area contributed by atoms with E-state index >= 15 is 0 Å². The van der Waals surface area contributed by atoms with Crippen molar-refractivity contribution >= 4 is 23.4 Å². The van der Waals surface area contributed by atoms with Crippen LogP contribution in [0.1, 0.15) is 52.8 Å². The molecule has 0 spiro atoms. The van der Waals surface area contributed by atoms with Gasteiger partial charge in [-0.05, 0) is 48.6 Å². The van der Waals surface area contributed by atoms with E-state index in [4.69, 9.17) is 10.00 Å². The van der Waals surface area contributed by atoms with Crippen LogP contribution in [-0.4, -0.2) is 22.1 Å². The molecule has 32 heavy (non-hydrogen) atoms. The number of ether oxygens (including phenoxy) is 1. The fourth-order valence-corrected chi connectivity index (χ4v) is 3.76. The van der Waals surface area contributed by atoms with Gasteiger partial charge in [0.05, 0.1) is 23.7 Å². The van der Waals surface area contributed by atoms with E-state index in [-0.39, 0.29) is 11.8 Å². The average molecular weight is 447 g/mol. The Labute approximate surface area is 193 Å². The molecule has 0 saturated heterocycles. The van der Waals surface area contributed by atoms with Crippen molar-refractivity contribution in [3.63, 3.8) is 0 Å². The second kappa shape index (κ2) is 10.8. The fraction of sp³-hybridized carbons (Fsp3) is 0.280. The first-order valence-electron chi connectivity index (χ1n) is 10.3. The molecule has 0 aliphatic carbocycles. The molecular weight excluding hydrogens is 420 g/mol. The van der Waals surface area contributed by atoms with Gasteiger partial charge < -0.3 is 10.1 Å². The minimum atomic E-state index is -0.228. The van der Waals surface area contributed by atoms with Gasteiger partial charge in [0.15, 0.2) is 0 Å². The summed E-state index contributed by atoms with van der Waals surface area (Å²) in [6.07, 6.45) is 2.29. The Kier molecular flexibility index (Phi) is 7.85. The van der Waals surface area contributed by atoms with Crippen LogP contribution in [-0.2, 0) is 13.0 Å². The van der Waals surface area contributed by atoms with Gasteiger partial charge in [0.1, 0.15) is 23.2 Å². The SMILES string of the molecule is CSc1nc(C(C)C)nc(C)c1C(=O)Nc1cccc(COc2ccc(CC#N)cc2)c1. The van der Waals surface area contributed by atoms with Crippen molar-refractivity contribution < 1.29 is 9.53 Å². The van der Waals surface area contributed by atoms with Crippen molar-refractivity contribution in [2.24, 2.45) is 0 Å². The number of carbonyl (C=O) groups excluding carboxylic acids is 1. The third kappa shape index (κ3) is 5.86. The predicted molar refractivity (Wildman–Crippen MR) is 127 cm³/mol. The topological polar surface area (TPSA) is 87.9 Å². The van der Waals surface area contributed by atoms with Crippen LogP contribution in [0.5, 0.6) is 5.75 Å². The van der Waals surface area contributed by atoms with Gasteiger partial charge in [-0.2, -0.15) is 5.26 Å². The van der Waals surface area contributed by atoms with Crippen LogP contribution in [0.15, 0.2) is 53.6 Å². The Morgan fingerprint density at radius 1 is 1.16 bits per heavy atom. The Bertz CT molecular complexity index is 1140. The van der Waals surface area contributed by atoms with Gasteiger partial charge in [-0.3, -0.25) is 4.79 Å². The van der Waals surface area contributed by atoms with Crippen LogP contribution >= 0.6 is 11.8 Å². The number of benzene rings is 2. The van der Waals surface area contributed by atoms with Crippen LogP contribution in [0.2, 0.25) is 0 Å². The maximum Gasteiger partial charge on any atom is 0.260 e. The monoisotopic (exact) mass is 446 g/mol. The van der Waals surface area contributed by atoms with Crippen molar-refractivity contribution in [2.75, 3.05) is 11.6 Å². The standard InChI is InChI=1S/C25H26N4O2S/c1-16(2)23-27-17(3)22(25(29-23)32-4)24(30)28-20-7-5-6-19(14-20)15-31-21-10-8-18(9-11-21)12-13-26/h5-11,14,16H,12,15H2,1-4H3,(H,28,30). The minimum Gasteiger partial charge on any atom is -0.489 e. The molecule has 1 amide bonds. The summed E-state index contributed by atoms with van der Waals surface area (Å²) >= 11 is 1.44. The zero-order valence-corrected chi connectivity index (χ0v) is 19.5. The summed E-state index contributed by atoms with van der Waals surface area (Å²) in [7, 11) is 0. The Morgan fingerprint density at radius 3 is 2.56 bits per heavy atom. The summed E-state index contributed by atoms with van der Waals surface area (Å²) in [6, 6.07) is 17.2. The van der Waals surface area contributed by atoms with E-state index in [9.17, 15) is 4.79 Å². The lowest BCUT2D eigenvalue weighted by atomic mass is 10.1. The molecule has 1 aromatic heterocycles. The van der Waals surface area contributed by atoms with Gasteiger partial charge in [-0.1, -0.05) is 38.1 Å². The number of carbonyl (C=O) groups is 1. The number of aryl methyl sites for hydroxylation is 1. The molecule has 0 aliphatic heterocycles. The Balaban J connectivity index is 1.70. The first-order chi connectivity index (χ1) is 15.4. The van der Waals surface area contributed by atoms with E-state index < -0.39 is 0 Å². The summed E-state index contributed by atoms with van der Waals surface area (Å²) in [5, 5.41) is 12.4. The number of rotatable bonds is 8. The van der Waals surface area contributed by atoms with Crippen molar-refractivity contribution in [1.29, 1.82) is 5.26 Å². The lowest BCUT2D eigenvalue weighted by Crippen LogP contribution is -2.18. The molecule has 2 aromatic carbocycles. The van der Waals surface area contributed by atoms with Gasteiger partial charge in [0.2, 0.25) is 0 Å². The largest absolute Gasteiger partial charge is 0.489 e. The number of aromatic nitrogens is 2. The first-order valence-corrected chi connectivity index (χ1v) is 11.5. The maximum absolute atomic E-state index is 13.0. The molecular formula is C25H26N4O2S. The number of hydrogen-bond donors (Lipinski definition) is 1. The average Bonchev–Trinajstić information content (AvgIpc) is 2.78. The van der Waals surface area contributed by atoms with Crippen LogP contribution in [0.3, 0.4) is 0 Å². The molecule has 1 heterocycles. The van der Waals surface area contributed by atoms with Crippen LogP contribution in [0.25, 0.3) is 0 Å². The van der Waals surface area contributed by atoms with Crippen molar-refractivity contribution in [2.45, 2.75) is 44.7 Å². The zero-order chi connectivity index (χ0) is 23.1. The highest BCUT2D eigenvalue weighted by molar-refractivity contribution is 7.98. The minimum absolute atomic E-state index is 0.191. The highest BCUT2D eigenvalue weighted by Crippen LogP contribution is 2.24. The molecule has 0 saturated carbocycles. The molecule has 0 atom stereocenters. The summed E-state index contributed by atoms with van der Waals surface area (Å²) in [6.45, 7) is 6.27. The molecule has 0 bridgehead atoms. The van der Waals surface area contributed by atoms with E-state index in [0.29, 0.717) is 35.0 Å². The van der Waals surface area contributed by atoms with Crippen LogP contribution in [0, 0.1) is 18.3 Å². The number of anilines is 1. The van der Waals surface area contributed by atoms with E-state index in [1.165, 1.54) is 11.8 Å². The molecule has 1 N–H and O–H groups in total. The van der Waals surface area contributed by atoms with E-state index in [1.54, 1.807) is 0 Å². The Hall–Kier alpha value is -3.37. The number of nitrogens with zero attached hydrogens (tertiary/aromatic N) is 3. The summed E-state index contributed by atoms with van der Waals surface area (Å²) in [5.74, 6) is 1.43. The molecule has 3 rings (SSSR count). The maximum atomic E-state index is 13.0. The third-order valence-electron chi connectivity index (χ3n) is 4.81. The fourth-order valence-electron chi connectivity index (χ4n) is 3.13. The molecule has 0 radical (unpaired) electrons. The van der Waals surface area contributed by atoms with Gasteiger partial charge in [0.25, 0.3) is 5.91 Å². The molecule has 7 heteroatoms. The molecule has 164 valence electrons. The normalized spacial score (nSPS) is 10.6. The zero-order valence-electron chi connectivity index (χ0n) is 18.7. The lowest BCUT2D eigenvalue weighted by Gasteiger charge is -2.14. The highest BCUT2D eigenvalue weighted by Gasteiger charge is 2.19. The smallest absolute Gasteiger partial charge is 0.260 e. The van der Waals surface area contributed by atoms with Crippen molar-refractivity contribution in [3.8, 4) is 11.8 Å². The highest BCUT2D eigenvalue weighted by atomic mass is 32.2.